The predicted octanol–water partition coefficient (Wildman–Crippen LogP) is -1.10. The fourth-order valence-corrected chi connectivity index (χ4v) is 3.19. The van der Waals surface area contributed by atoms with Gasteiger partial charge in [-0.05, 0) is 12.1 Å². The Morgan fingerprint density at radius 3 is 2.59 bits per heavy atom. The monoisotopic (exact) mass is 309 g/mol. The molecule has 7 heteroatoms. The van der Waals surface area contributed by atoms with Gasteiger partial charge in [-0.25, -0.2) is 0 Å². The molecule has 3 rings (SSSR count). The Morgan fingerprint density at radius 2 is 1.95 bits per heavy atom. The molecule has 3 atom stereocenters. The molecule has 0 saturated carbocycles. The largest absolute Gasteiger partial charge is 0.389 e. The third kappa shape index (κ3) is 2.89. The molecule has 2 fully saturated rings. The van der Waals surface area contributed by atoms with Crippen molar-refractivity contribution in [1.82, 2.24) is 14.4 Å². The Balaban J connectivity index is 1.58. The number of aliphatic hydroxyl groups is 2. The van der Waals surface area contributed by atoms with E-state index >= 15 is 0 Å². The molecule has 0 radical (unpaired) electrons. The van der Waals surface area contributed by atoms with E-state index < -0.39 is 12.2 Å². The summed E-state index contributed by atoms with van der Waals surface area (Å²) in [6.45, 7) is 3.18. The number of carbonyl (C=O) groups is 1. The van der Waals surface area contributed by atoms with Gasteiger partial charge < -0.3 is 24.4 Å². The Bertz CT molecular complexity index is 525. The molecule has 122 valence electrons. The van der Waals surface area contributed by atoms with Crippen molar-refractivity contribution in [3.8, 4) is 0 Å². The lowest BCUT2D eigenvalue weighted by atomic mass is 10.0. The molecule has 0 aromatic carbocycles. The molecule has 7 nitrogen and oxygen atoms in total. The van der Waals surface area contributed by atoms with Crippen molar-refractivity contribution < 1.29 is 19.7 Å². The van der Waals surface area contributed by atoms with Crippen LogP contribution in [0.1, 0.15) is 10.5 Å². The average molecular weight is 309 g/mol. The zero-order valence-corrected chi connectivity index (χ0v) is 12.8. The lowest BCUT2D eigenvalue weighted by Gasteiger charge is -2.43. The standard InChI is InChI=1S/C15H23N3O4/c1-16-4-2-3-11(16)15(21)18-7-5-17(6-8-18)12-9-22-10-13(19)14(12)20/h2-4,12-14,19-20H,5-10H2,1H3/t12-,13-,14+/m1/s1. The predicted molar refractivity (Wildman–Crippen MR) is 79.5 cm³/mol. The molecular formula is C15H23N3O4. The third-order valence-corrected chi connectivity index (χ3v) is 4.60. The summed E-state index contributed by atoms with van der Waals surface area (Å²) in [6.07, 6.45) is 0.242. The number of ether oxygens (including phenoxy) is 1. The van der Waals surface area contributed by atoms with Gasteiger partial charge in [0.05, 0.1) is 25.4 Å². The molecule has 2 aliphatic heterocycles. The van der Waals surface area contributed by atoms with Gasteiger partial charge in [-0.15, -0.1) is 0 Å². The normalized spacial score (nSPS) is 30.5. The number of aryl methyl sites for hydroxylation is 1. The summed E-state index contributed by atoms with van der Waals surface area (Å²) in [5.74, 6) is 0.0348. The molecule has 0 unspecified atom stereocenters. The number of rotatable bonds is 2. The highest BCUT2D eigenvalue weighted by atomic mass is 16.5. The third-order valence-electron chi connectivity index (χ3n) is 4.60. The average Bonchev–Trinajstić information content (AvgIpc) is 2.96. The Hall–Kier alpha value is -1.41. The number of carbonyl (C=O) groups excluding carboxylic acids is 1. The molecule has 2 saturated heterocycles. The van der Waals surface area contributed by atoms with Crippen LogP contribution in [-0.2, 0) is 11.8 Å². The maximum absolute atomic E-state index is 12.5. The van der Waals surface area contributed by atoms with Crippen molar-refractivity contribution in [3.63, 3.8) is 0 Å². The highest BCUT2D eigenvalue weighted by molar-refractivity contribution is 5.92. The molecule has 0 spiro atoms. The quantitative estimate of drug-likeness (QED) is 0.725. The number of hydrogen-bond acceptors (Lipinski definition) is 5. The summed E-state index contributed by atoms with van der Waals surface area (Å²) < 4.78 is 7.15. The van der Waals surface area contributed by atoms with Gasteiger partial charge in [0, 0.05) is 39.4 Å². The number of piperazine rings is 1. The van der Waals surface area contributed by atoms with Crippen LogP contribution in [0.5, 0.6) is 0 Å². The maximum atomic E-state index is 12.5. The minimum absolute atomic E-state index is 0.0348. The fourth-order valence-electron chi connectivity index (χ4n) is 3.19. The number of hydrogen-bond donors (Lipinski definition) is 2. The van der Waals surface area contributed by atoms with Crippen molar-refractivity contribution in [2.45, 2.75) is 18.2 Å². The highest BCUT2D eigenvalue weighted by Crippen LogP contribution is 2.18. The minimum Gasteiger partial charge on any atom is -0.389 e. The minimum atomic E-state index is -0.832. The van der Waals surface area contributed by atoms with Gasteiger partial charge in [0.1, 0.15) is 11.8 Å². The van der Waals surface area contributed by atoms with Gasteiger partial charge in [0.2, 0.25) is 0 Å². The highest BCUT2D eigenvalue weighted by Gasteiger charge is 2.37. The van der Waals surface area contributed by atoms with Crippen molar-refractivity contribution in [2.75, 3.05) is 39.4 Å². The molecule has 3 heterocycles. The topological polar surface area (TPSA) is 78.2 Å². The first-order valence-corrected chi connectivity index (χ1v) is 7.66. The Labute approximate surface area is 129 Å². The van der Waals surface area contributed by atoms with Crippen LogP contribution in [0.4, 0.5) is 0 Å². The van der Waals surface area contributed by atoms with E-state index in [9.17, 15) is 15.0 Å². The molecule has 1 aromatic heterocycles. The lowest BCUT2D eigenvalue weighted by Crippen LogP contribution is -2.60. The van der Waals surface area contributed by atoms with Gasteiger partial charge in [0.25, 0.3) is 5.91 Å². The lowest BCUT2D eigenvalue weighted by molar-refractivity contribution is -0.136. The molecule has 0 bridgehead atoms. The summed E-state index contributed by atoms with van der Waals surface area (Å²) in [5, 5.41) is 19.8. The summed E-state index contributed by atoms with van der Waals surface area (Å²) in [6, 6.07) is 3.49. The van der Waals surface area contributed by atoms with Crippen LogP contribution in [-0.4, -0.2) is 88.1 Å². The Morgan fingerprint density at radius 1 is 1.23 bits per heavy atom. The maximum Gasteiger partial charge on any atom is 0.270 e. The molecule has 2 aliphatic rings. The smallest absolute Gasteiger partial charge is 0.270 e. The molecule has 1 aromatic rings. The SMILES string of the molecule is Cn1cccc1C(=O)N1CCN([C@@H]2COC[C@@H](O)[C@H]2O)CC1. The number of aliphatic hydroxyl groups excluding tert-OH is 2. The summed E-state index contributed by atoms with van der Waals surface area (Å²) in [5.41, 5.74) is 0.685. The van der Waals surface area contributed by atoms with Crippen LogP contribution in [0.2, 0.25) is 0 Å². The van der Waals surface area contributed by atoms with Gasteiger partial charge >= 0.3 is 0 Å². The Kier molecular flexibility index (Phi) is 4.49. The second-order valence-electron chi connectivity index (χ2n) is 6.00. The van der Waals surface area contributed by atoms with Crippen LogP contribution in [0.15, 0.2) is 18.3 Å². The molecule has 1 amide bonds. The van der Waals surface area contributed by atoms with Crippen molar-refractivity contribution >= 4 is 5.91 Å². The first kappa shape index (κ1) is 15.5. The molecule has 22 heavy (non-hydrogen) atoms. The van der Waals surface area contributed by atoms with E-state index in [0.717, 1.165) is 0 Å². The molecule has 0 aliphatic carbocycles. The number of nitrogens with zero attached hydrogens (tertiary/aromatic N) is 3. The summed E-state index contributed by atoms with van der Waals surface area (Å²) >= 11 is 0. The van der Waals surface area contributed by atoms with E-state index in [0.29, 0.717) is 38.5 Å². The van der Waals surface area contributed by atoms with Crippen LogP contribution < -0.4 is 0 Å². The van der Waals surface area contributed by atoms with Crippen LogP contribution in [0.25, 0.3) is 0 Å². The van der Waals surface area contributed by atoms with Gasteiger partial charge in [-0.1, -0.05) is 0 Å². The van der Waals surface area contributed by atoms with Crippen molar-refractivity contribution in [1.29, 1.82) is 0 Å². The summed E-state index contributed by atoms with van der Waals surface area (Å²) in [7, 11) is 1.86. The zero-order chi connectivity index (χ0) is 15.7. The first-order chi connectivity index (χ1) is 10.6. The second kappa shape index (κ2) is 6.37. The fraction of sp³-hybridized carbons (Fsp3) is 0.667. The van der Waals surface area contributed by atoms with Crippen molar-refractivity contribution in [3.05, 3.63) is 24.0 Å². The molecular weight excluding hydrogens is 286 g/mol. The van der Waals surface area contributed by atoms with Gasteiger partial charge in [0.15, 0.2) is 0 Å². The van der Waals surface area contributed by atoms with E-state index in [4.69, 9.17) is 4.74 Å². The van der Waals surface area contributed by atoms with Gasteiger partial charge in [-0.3, -0.25) is 9.69 Å². The first-order valence-electron chi connectivity index (χ1n) is 7.66. The van der Waals surface area contributed by atoms with E-state index in [1.807, 2.05) is 34.8 Å². The zero-order valence-electron chi connectivity index (χ0n) is 12.8. The second-order valence-corrected chi connectivity index (χ2v) is 6.00. The molecule has 2 N–H and O–H groups in total. The van der Waals surface area contributed by atoms with E-state index in [-0.39, 0.29) is 18.6 Å². The number of aromatic nitrogens is 1. The van der Waals surface area contributed by atoms with Crippen LogP contribution in [0.3, 0.4) is 0 Å². The van der Waals surface area contributed by atoms with E-state index in [1.165, 1.54) is 0 Å². The van der Waals surface area contributed by atoms with Crippen molar-refractivity contribution in [2.24, 2.45) is 7.05 Å². The van der Waals surface area contributed by atoms with Crippen LogP contribution >= 0.6 is 0 Å². The van der Waals surface area contributed by atoms with Crippen LogP contribution in [0, 0.1) is 0 Å². The number of amides is 1. The van der Waals surface area contributed by atoms with E-state index in [2.05, 4.69) is 4.90 Å². The van der Waals surface area contributed by atoms with Gasteiger partial charge in [-0.2, -0.15) is 0 Å². The van der Waals surface area contributed by atoms with E-state index in [1.54, 1.807) is 0 Å². The summed E-state index contributed by atoms with van der Waals surface area (Å²) in [4.78, 5) is 16.4.